The molecule has 18 heavy (non-hydrogen) atoms. The number of carbonyl (C=O) groups excluding carboxylic acids is 1. The average molecular weight is 267 g/mol. The van der Waals surface area contributed by atoms with Gasteiger partial charge in [-0.25, -0.2) is 0 Å². The molecule has 0 bridgehead atoms. The van der Waals surface area contributed by atoms with Crippen LogP contribution in [-0.4, -0.2) is 29.4 Å². The Hall–Kier alpha value is -0.650. The molecule has 0 aliphatic heterocycles. The fraction of sp³-hybridized carbons (Fsp3) is 0.923. The molecule has 0 heterocycles. The minimum absolute atomic E-state index is 0. The molecular weight excluding hydrogens is 234 g/mol. The second-order valence-electron chi connectivity index (χ2n) is 3.52. The number of carbonyl (C=O) groups is 1. The predicted octanol–water partition coefficient (Wildman–Crippen LogP) is 1.86. The highest BCUT2D eigenvalue weighted by molar-refractivity contribution is 5.63. The zero-order valence-corrected chi connectivity index (χ0v) is 12.6. The van der Waals surface area contributed by atoms with Crippen molar-refractivity contribution in [1.82, 2.24) is 6.15 Å². The van der Waals surface area contributed by atoms with Gasteiger partial charge in [-0.05, 0) is 26.7 Å². The number of hydrogen-bond donors (Lipinski definition) is 3. The van der Waals surface area contributed by atoms with Crippen molar-refractivity contribution < 1.29 is 20.1 Å². The van der Waals surface area contributed by atoms with Crippen molar-refractivity contribution in [2.45, 2.75) is 65.7 Å². The van der Waals surface area contributed by atoms with Crippen molar-refractivity contribution in [1.29, 1.82) is 0 Å². The van der Waals surface area contributed by atoms with Gasteiger partial charge in [0.2, 0.25) is 0 Å². The molecular formula is C13H33NO4. The molecule has 0 saturated heterocycles. The van der Waals surface area contributed by atoms with Crippen LogP contribution in [0.5, 0.6) is 0 Å². The standard InChI is InChI=1S/C9H18O2.2C2H6O.H3N/c1-2-3-4-5-6-7-8-9(10)11;2*1-2-3;/h2-8H2,1H3,(H,10,11);2*3H,2H2,1H3;1H3. The third-order valence-corrected chi connectivity index (χ3v) is 1.73. The topological polar surface area (TPSA) is 117 Å². The van der Waals surface area contributed by atoms with Gasteiger partial charge in [0, 0.05) is 19.2 Å². The zero-order valence-electron chi connectivity index (χ0n) is 12.6. The fourth-order valence-electron chi connectivity index (χ4n) is 1.05. The summed E-state index contributed by atoms with van der Waals surface area (Å²) < 4.78 is 0. The van der Waals surface area contributed by atoms with Gasteiger partial charge in [-0.3, -0.25) is 0 Å². The quantitative estimate of drug-likeness (QED) is 0.610. The third-order valence-electron chi connectivity index (χ3n) is 1.73. The molecule has 0 atom stereocenters. The van der Waals surface area contributed by atoms with E-state index < -0.39 is 5.97 Å². The van der Waals surface area contributed by atoms with E-state index in [-0.39, 0.29) is 25.8 Å². The molecule has 0 spiro atoms. The van der Waals surface area contributed by atoms with Crippen molar-refractivity contribution in [3.05, 3.63) is 0 Å². The Balaban J connectivity index is -0.000000119. The molecule has 0 aliphatic carbocycles. The molecule has 0 aromatic heterocycles. The summed E-state index contributed by atoms with van der Waals surface area (Å²) in [5.74, 6) is -0.916. The van der Waals surface area contributed by atoms with E-state index in [1.54, 1.807) is 13.8 Å². The SMILES string of the molecule is CCCCCCCCC(=O)[O-].CCO.CCO.[NH4+]. The lowest BCUT2D eigenvalue weighted by atomic mass is 10.1. The fourth-order valence-corrected chi connectivity index (χ4v) is 1.05. The van der Waals surface area contributed by atoms with Crippen molar-refractivity contribution >= 4 is 5.97 Å². The lowest BCUT2D eigenvalue weighted by molar-refractivity contribution is -0.305. The van der Waals surface area contributed by atoms with Crippen molar-refractivity contribution in [3.63, 3.8) is 0 Å². The molecule has 0 saturated carbocycles. The summed E-state index contributed by atoms with van der Waals surface area (Å²) in [6, 6.07) is 0. The number of unbranched alkanes of at least 4 members (excludes halogenated alkanes) is 5. The Bertz CT molecular complexity index is 130. The van der Waals surface area contributed by atoms with E-state index in [1.165, 1.54) is 25.7 Å². The van der Waals surface area contributed by atoms with Crippen LogP contribution in [-0.2, 0) is 4.79 Å². The highest BCUT2D eigenvalue weighted by Gasteiger charge is 1.89. The normalized spacial score (nSPS) is 8.06. The van der Waals surface area contributed by atoms with Gasteiger partial charge in [0.1, 0.15) is 0 Å². The van der Waals surface area contributed by atoms with Gasteiger partial charge in [-0.15, -0.1) is 0 Å². The molecule has 0 unspecified atom stereocenters. The van der Waals surface area contributed by atoms with Crippen LogP contribution in [0.4, 0.5) is 0 Å². The van der Waals surface area contributed by atoms with Gasteiger partial charge in [-0.2, -0.15) is 0 Å². The summed E-state index contributed by atoms with van der Waals surface area (Å²) in [6.45, 7) is 6.03. The third kappa shape index (κ3) is 58.5. The zero-order chi connectivity index (χ0) is 13.9. The van der Waals surface area contributed by atoms with E-state index in [0.717, 1.165) is 12.8 Å². The van der Waals surface area contributed by atoms with E-state index in [9.17, 15) is 9.90 Å². The first-order valence-electron chi connectivity index (χ1n) is 6.52. The number of carboxylic acids is 1. The minimum atomic E-state index is -0.916. The van der Waals surface area contributed by atoms with Crippen LogP contribution in [0.1, 0.15) is 65.7 Å². The van der Waals surface area contributed by atoms with Crippen molar-refractivity contribution in [2.75, 3.05) is 13.2 Å². The van der Waals surface area contributed by atoms with Gasteiger partial charge in [0.05, 0.1) is 0 Å². The van der Waals surface area contributed by atoms with Crippen molar-refractivity contribution in [3.8, 4) is 0 Å². The van der Waals surface area contributed by atoms with E-state index >= 15 is 0 Å². The summed E-state index contributed by atoms with van der Waals surface area (Å²) in [5, 5.41) is 25.1. The number of hydrogen-bond acceptors (Lipinski definition) is 4. The Morgan fingerprint density at radius 2 is 1.22 bits per heavy atom. The molecule has 5 heteroatoms. The largest absolute Gasteiger partial charge is 0.550 e. The van der Waals surface area contributed by atoms with E-state index in [0.29, 0.717) is 0 Å². The van der Waals surface area contributed by atoms with Crippen LogP contribution in [0.25, 0.3) is 0 Å². The first-order chi connectivity index (χ1) is 8.10. The number of aliphatic carboxylic acids is 1. The van der Waals surface area contributed by atoms with E-state index in [4.69, 9.17) is 10.2 Å². The molecule has 114 valence electrons. The molecule has 0 aliphatic rings. The number of quaternary nitrogens is 1. The summed E-state index contributed by atoms with van der Waals surface area (Å²) in [7, 11) is 0. The molecule has 5 nitrogen and oxygen atoms in total. The molecule has 0 radical (unpaired) electrons. The lowest BCUT2D eigenvalue weighted by Gasteiger charge is -2.00. The summed E-state index contributed by atoms with van der Waals surface area (Å²) in [5.41, 5.74) is 0. The maximum absolute atomic E-state index is 9.98. The van der Waals surface area contributed by atoms with Crippen molar-refractivity contribution in [2.24, 2.45) is 0 Å². The lowest BCUT2D eigenvalue weighted by Crippen LogP contribution is -2.21. The Morgan fingerprint density at radius 1 is 0.889 bits per heavy atom. The number of aliphatic hydroxyl groups is 2. The predicted molar refractivity (Wildman–Crippen MR) is 74.5 cm³/mol. The summed E-state index contributed by atoms with van der Waals surface area (Å²) >= 11 is 0. The Labute approximate surface area is 112 Å². The van der Waals surface area contributed by atoms with Gasteiger partial charge in [0.15, 0.2) is 0 Å². The molecule has 0 aromatic rings. The van der Waals surface area contributed by atoms with Gasteiger partial charge in [-0.1, -0.05) is 39.0 Å². The van der Waals surface area contributed by atoms with Crippen LogP contribution in [0.15, 0.2) is 0 Å². The first kappa shape index (κ1) is 26.0. The van der Waals surface area contributed by atoms with E-state index in [2.05, 4.69) is 6.92 Å². The highest BCUT2D eigenvalue weighted by Crippen LogP contribution is 2.05. The van der Waals surface area contributed by atoms with Gasteiger partial charge in [0.25, 0.3) is 0 Å². The van der Waals surface area contributed by atoms with Gasteiger partial charge < -0.3 is 26.3 Å². The number of carboxylic acid groups (broad SMARTS) is 1. The molecule has 0 amide bonds. The minimum Gasteiger partial charge on any atom is -0.550 e. The second kappa shape index (κ2) is 29.9. The van der Waals surface area contributed by atoms with Crippen LogP contribution in [0.2, 0.25) is 0 Å². The average Bonchev–Trinajstić information content (AvgIpc) is 2.25. The molecule has 0 fully saturated rings. The maximum Gasteiger partial charge on any atom is 0.0414 e. The highest BCUT2D eigenvalue weighted by atomic mass is 16.4. The molecule has 0 aromatic carbocycles. The van der Waals surface area contributed by atoms with Gasteiger partial charge >= 0.3 is 0 Å². The summed E-state index contributed by atoms with van der Waals surface area (Å²) in [4.78, 5) is 9.98. The first-order valence-corrected chi connectivity index (χ1v) is 6.52. The number of rotatable bonds is 7. The van der Waals surface area contributed by atoms with Crippen LogP contribution >= 0.6 is 0 Å². The second-order valence-corrected chi connectivity index (χ2v) is 3.52. The molecule has 6 N–H and O–H groups in total. The van der Waals surface area contributed by atoms with Crippen LogP contribution in [0, 0.1) is 0 Å². The Morgan fingerprint density at radius 3 is 1.56 bits per heavy atom. The van der Waals surface area contributed by atoms with Crippen LogP contribution < -0.4 is 11.3 Å². The monoisotopic (exact) mass is 267 g/mol. The number of aliphatic hydroxyl groups excluding tert-OH is 2. The Kier molecular flexibility index (Phi) is 43.2. The smallest absolute Gasteiger partial charge is 0.0414 e. The summed E-state index contributed by atoms with van der Waals surface area (Å²) in [6.07, 6.45) is 6.96. The van der Waals surface area contributed by atoms with Crippen LogP contribution in [0.3, 0.4) is 0 Å². The maximum atomic E-state index is 9.98. The molecule has 0 rings (SSSR count). The van der Waals surface area contributed by atoms with E-state index in [1.807, 2.05) is 0 Å².